The summed E-state index contributed by atoms with van der Waals surface area (Å²) in [6.45, 7) is -0.0928. The molecule has 0 amide bonds. The number of nitrogen functional groups attached to an aromatic ring is 1. The molecule has 0 saturated carbocycles. The molecule has 184 valence electrons. The minimum atomic E-state index is -1.45. The molecular formula is C23H19F4N3O5. The number of anilines is 1. The van der Waals surface area contributed by atoms with Crippen molar-refractivity contribution in [1.82, 2.24) is 4.57 Å². The van der Waals surface area contributed by atoms with Gasteiger partial charge in [0.05, 0.1) is 17.7 Å². The Morgan fingerprint density at radius 3 is 2.29 bits per heavy atom. The van der Waals surface area contributed by atoms with Crippen LogP contribution in [0.5, 0.6) is 5.75 Å². The van der Waals surface area contributed by atoms with Crippen LogP contribution < -0.4 is 21.8 Å². The third kappa shape index (κ3) is 5.32. The van der Waals surface area contributed by atoms with E-state index in [0.717, 1.165) is 42.5 Å². The lowest BCUT2D eigenvalue weighted by Gasteiger charge is -2.16. The molecule has 0 aliphatic carbocycles. The van der Waals surface area contributed by atoms with Crippen molar-refractivity contribution in [3.63, 3.8) is 0 Å². The van der Waals surface area contributed by atoms with E-state index in [-0.39, 0.29) is 25.2 Å². The summed E-state index contributed by atoms with van der Waals surface area (Å²) in [5, 5.41) is 8.74. The highest BCUT2D eigenvalue weighted by Gasteiger charge is 2.24. The monoisotopic (exact) mass is 493 g/mol. The van der Waals surface area contributed by atoms with Crippen LogP contribution in [-0.4, -0.2) is 34.1 Å². The fourth-order valence-corrected chi connectivity index (χ4v) is 3.26. The number of carboxylic acids is 1. The van der Waals surface area contributed by atoms with Gasteiger partial charge in [-0.2, -0.15) is 0 Å². The second kappa shape index (κ2) is 10.4. The minimum absolute atomic E-state index is 0.0665. The van der Waals surface area contributed by atoms with Crippen molar-refractivity contribution in [3.8, 4) is 11.4 Å². The molecule has 2 aromatic carbocycles. The highest BCUT2D eigenvalue weighted by Crippen LogP contribution is 2.27. The average molecular weight is 493 g/mol. The number of carbonyl (C=O) groups excluding carboxylic acids is 1. The molecule has 1 heterocycles. The van der Waals surface area contributed by atoms with Gasteiger partial charge in [-0.3, -0.25) is 19.0 Å². The smallest absolute Gasteiger partial charge is 0.320 e. The first kappa shape index (κ1) is 25.4. The summed E-state index contributed by atoms with van der Waals surface area (Å²) in [5.74, 6) is -8.52. The van der Waals surface area contributed by atoms with E-state index in [2.05, 4.69) is 0 Å². The molecular weight excluding hydrogens is 474 g/mol. The lowest BCUT2D eigenvalue weighted by molar-refractivity contribution is -0.138. The first-order chi connectivity index (χ1) is 16.5. The standard InChI is InChI=1S/C23H19F4N3O5/c24-14-4-1-3-12(19(14)27)21(32)13-6-7-18(31)30(22(13)29)20-15(25)9-11(10-16(20)26)35-8-2-5-17(28)23(33)34/h1,3-4,6-7,9-10,17H,2,5,8,28-29H2,(H,33,34). The van der Waals surface area contributed by atoms with E-state index < -0.39 is 69.3 Å². The predicted molar refractivity (Wildman–Crippen MR) is 116 cm³/mol. The van der Waals surface area contributed by atoms with Crippen molar-refractivity contribution in [2.24, 2.45) is 5.73 Å². The van der Waals surface area contributed by atoms with Gasteiger partial charge in [0.25, 0.3) is 5.56 Å². The molecule has 0 aliphatic heterocycles. The van der Waals surface area contributed by atoms with Gasteiger partial charge in [0.15, 0.2) is 29.1 Å². The second-order valence-electron chi connectivity index (χ2n) is 7.41. The van der Waals surface area contributed by atoms with Gasteiger partial charge in [-0.05, 0) is 31.0 Å². The number of pyridine rings is 1. The fourth-order valence-electron chi connectivity index (χ4n) is 3.26. The Kier molecular flexibility index (Phi) is 7.55. The molecule has 1 atom stereocenters. The van der Waals surface area contributed by atoms with Crippen molar-refractivity contribution in [2.75, 3.05) is 12.3 Å². The van der Waals surface area contributed by atoms with Gasteiger partial charge in [0.2, 0.25) is 0 Å². The number of hydrogen-bond acceptors (Lipinski definition) is 6. The maximum atomic E-state index is 14.8. The van der Waals surface area contributed by atoms with E-state index in [1.54, 1.807) is 0 Å². The Morgan fingerprint density at radius 2 is 1.66 bits per heavy atom. The predicted octanol–water partition coefficient (Wildman–Crippen LogP) is 2.78. The Morgan fingerprint density at radius 1 is 1.00 bits per heavy atom. The topological polar surface area (TPSA) is 138 Å². The normalized spacial score (nSPS) is 11.8. The number of benzene rings is 2. The van der Waals surface area contributed by atoms with E-state index in [1.807, 2.05) is 0 Å². The number of halogens is 4. The maximum absolute atomic E-state index is 14.8. The van der Waals surface area contributed by atoms with Crippen LogP contribution in [0.4, 0.5) is 23.4 Å². The summed E-state index contributed by atoms with van der Waals surface area (Å²) in [5.41, 5.74) is 8.15. The Labute approximate surface area is 195 Å². The number of nitrogens with two attached hydrogens (primary N) is 2. The number of carbonyl (C=O) groups is 2. The van der Waals surface area contributed by atoms with Gasteiger partial charge in [-0.25, -0.2) is 17.6 Å². The number of ketones is 1. The van der Waals surface area contributed by atoms with Crippen molar-refractivity contribution in [3.05, 3.63) is 87.2 Å². The fraction of sp³-hybridized carbons (Fsp3) is 0.174. The molecule has 12 heteroatoms. The molecule has 8 nitrogen and oxygen atoms in total. The van der Waals surface area contributed by atoms with Gasteiger partial charge in [-0.1, -0.05) is 6.07 Å². The molecule has 3 aromatic rings. The quantitative estimate of drug-likeness (QED) is 0.237. The van der Waals surface area contributed by atoms with Gasteiger partial charge in [-0.15, -0.1) is 0 Å². The van der Waals surface area contributed by atoms with Crippen LogP contribution in [0.15, 0.2) is 47.3 Å². The molecule has 0 spiro atoms. The van der Waals surface area contributed by atoms with E-state index >= 15 is 0 Å². The highest BCUT2D eigenvalue weighted by atomic mass is 19.2. The van der Waals surface area contributed by atoms with E-state index in [1.165, 1.54) is 0 Å². The Bertz CT molecular complexity index is 1340. The lowest BCUT2D eigenvalue weighted by atomic mass is 10.0. The molecule has 5 N–H and O–H groups in total. The van der Waals surface area contributed by atoms with E-state index in [4.69, 9.17) is 21.3 Å². The second-order valence-corrected chi connectivity index (χ2v) is 7.41. The molecule has 3 rings (SSSR count). The first-order valence-electron chi connectivity index (χ1n) is 10.1. The summed E-state index contributed by atoms with van der Waals surface area (Å²) in [4.78, 5) is 35.8. The molecule has 1 unspecified atom stereocenters. The number of nitrogens with zero attached hydrogens (tertiary/aromatic N) is 1. The summed E-state index contributed by atoms with van der Waals surface area (Å²) >= 11 is 0. The van der Waals surface area contributed by atoms with Crippen LogP contribution in [-0.2, 0) is 4.79 Å². The van der Waals surface area contributed by atoms with Crippen LogP contribution in [0.25, 0.3) is 5.69 Å². The molecule has 0 aliphatic rings. The number of ether oxygens (including phenoxy) is 1. The maximum Gasteiger partial charge on any atom is 0.320 e. The zero-order valence-electron chi connectivity index (χ0n) is 17.9. The van der Waals surface area contributed by atoms with Gasteiger partial charge in [0.1, 0.15) is 23.3 Å². The minimum Gasteiger partial charge on any atom is -0.493 e. The lowest BCUT2D eigenvalue weighted by Crippen LogP contribution is -2.30. The number of hydrogen-bond donors (Lipinski definition) is 3. The molecule has 1 aromatic heterocycles. The Balaban J connectivity index is 1.94. The number of aliphatic carboxylic acids is 1. The molecule has 0 saturated heterocycles. The van der Waals surface area contributed by atoms with Crippen LogP contribution in [0.1, 0.15) is 28.8 Å². The zero-order valence-corrected chi connectivity index (χ0v) is 17.9. The van der Waals surface area contributed by atoms with Gasteiger partial charge in [0, 0.05) is 18.2 Å². The highest BCUT2D eigenvalue weighted by molar-refractivity contribution is 6.11. The van der Waals surface area contributed by atoms with Crippen molar-refractivity contribution in [1.29, 1.82) is 0 Å². The van der Waals surface area contributed by atoms with Gasteiger partial charge >= 0.3 is 5.97 Å². The molecule has 0 radical (unpaired) electrons. The number of aromatic nitrogens is 1. The van der Waals surface area contributed by atoms with E-state index in [9.17, 15) is 31.9 Å². The van der Waals surface area contributed by atoms with Crippen LogP contribution in [0, 0.1) is 23.3 Å². The van der Waals surface area contributed by atoms with Crippen LogP contribution in [0.3, 0.4) is 0 Å². The van der Waals surface area contributed by atoms with Crippen LogP contribution >= 0.6 is 0 Å². The summed E-state index contributed by atoms with van der Waals surface area (Å²) in [6, 6.07) is 5.04. The van der Waals surface area contributed by atoms with E-state index in [0.29, 0.717) is 4.57 Å². The summed E-state index contributed by atoms with van der Waals surface area (Å²) in [7, 11) is 0. The third-order valence-corrected chi connectivity index (χ3v) is 5.03. The average Bonchev–Trinajstić information content (AvgIpc) is 2.79. The Hall–Kier alpha value is -4.19. The SMILES string of the molecule is Nc1c(C(=O)c2cccc(F)c2F)ccc(=O)n1-c1c(F)cc(OCCCC(N)C(=O)O)cc1F. The summed E-state index contributed by atoms with van der Waals surface area (Å²) < 4.78 is 62.9. The summed E-state index contributed by atoms with van der Waals surface area (Å²) in [6.07, 6.45) is 0.253. The molecule has 0 bridgehead atoms. The number of carboxylic acid groups (broad SMARTS) is 1. The third-order valence-electron chi connectivity index (χ3n) is 5.03. The first-order valence-corrected chi connectivity index (χ1v) is 10.1. The zero-order chi connectivity index (χ0) is 25.9. The van der Waals surface area contributed by atoms with Gasteiger partial charge < -0.3 is 21.3 Å². The van der Waals surface area contributed by atoms with Crippen LogP contribution in [0.2, 0.25) is 0 Å². The van der Waals surface area contributed by atoms with Crippen molar-refractivity contribution >= 4 is 17.6 Å². The molecule has 0 fully saturated rings. The molecule has 35 heavy (non-hydrogen) atoms. The number of rotatable bonds is 9. The van der Waals surface area contributed by atoms with Crippen molar-refractivity contribution < 1.29 is 37.0 Å². The largest absolute Gasteiger partial charge is 0.493 e. The van der Waals surface area contributed by atoms with Crippen molar-refractivity contribution in [2.45, 2.75) is 18.9 Å².